The van der Waals surface area contributed by atoms with Gasteiger partial charge in [0.25, 0.3) is 5.91 Å². The number of anilines is 1. The minimum atomic E-state index is -4.62. The average molecular weight is 341 g/mol. The second-order valence-electron chi connectivity index (χ2n) is 5.13. The highest BCUT2D eigenvalue weighted by Gasteiger charge is 2.55. The fraction of sp³-hybridized carbons (Fsp3) is 0.286. The topological polar surface area (TPSA) is 88.1 Å². The molecule has 1 aromatic rings. The molecule has 2 heterocycles. The summed E-state index contributed by atoms with van der Waals surface area (Å²) >= 11 is 0. The number of esters is 1. The number of alkyl halides is 3. The number of methoxy groups -OCH3 is 1. The number of amides is 2. The molecule has 1 saturated heterocycles. The summed E-state index contributed by atoms with van der Waals surface area (Å²) in [7, 11) is 1.09. The number of carbonyl (C=O) groups is 3. The molecule has 0 aromatic heterocycles. The number of carbonyl (C=O) groups excluding carboxylic acids is 3. The Labute approximate surface area is 133 Å². The third-order valence-electron chi connectivity index (χ3n) is 3.75. The monoisotopic (exact) mass is 341 g/mol. The summed E-state index contributed by atoms with van der Waals surface area (Å²) in [5, 5.41) is 3.62. The number of nitrogens with one attached hydrogen (secondary N) is 1. The second-order valence-corrected chi connectivity index (χ2v) is 5.13. The first-order valence-corrected chi connectivity index (χ1v) is 6.72. The van der Waals surface area contributed by atoms with Crippen molar-refractivity contribution in [1.29, 1.82) is 0 Å². The van der Waals surface area contributed by atoms with Gasteiger partial charge in [0, 0.05) is 0 Å². The lowest BCUT2D eigenvalue weighted by atomic mass is 9.99. The Bertz CT molecular complexity index is 775. The van der Waals surface area contributed by atoms with Crippen LogP contribution in [0.3, 0.4) is 0 Å². The van der Waals surface area contributed by atoms with Gasteiger partial charge in [0.15, 0.2) is 5.71 Å². The van der Waals surface area contributed by atoms with E-state index in [0.717, 1.165) is 19.2 Å². The minimum absolute atomic E-state index is 0.222. The molecular weight excluding hydrogens is 331 g/mol. The fourth-order valence-electron chi connectivity index (χ4n) is 2.64. The molecule has 2 aliphatic rings. The van der Waals surface area contributed by atoms with Crippen molar-refractivity contribution in [3.05, 3.63) is 29.8 Å². The van der Waals surface area contributed by atoms with Crippen molar-refractivity contribution in [1.82, 2.24) is 5.43 Å². The highest BCUT2D eigenvalue weighted by molar-refractivity contribution is 6.46. The molecule has 24 heavy (non-hydrogen) atoms. The number of nitrogens with zero attached hydrogens (tertiary/aromatic N) is 2. The van der Waals surface area contributed by atoms with E-state index in [1.165, 1.54) is 6.07 Å². The smallest absolute Gasteiger partial charge is 0.416 e. The summed E-state index contributed by atoms with van der Waals surface area (Å²) in [5.41, 5.74) is 0.864. The number of imide groups is 1. The lowest BCUT2D eigenvalue weighted by Gasteiger charge is -2.17. The number of fused-ring (bicyclic) bond motifs is 1. The second kappa shape index (κ2) is 5.32. The van der Waals surface area contributed by atoms with Gasteiger partial charge in [-0.2, -0.15) is 18.3 Å². The number of ether oxygens (including phenoxy) is 1. The van der Waals surface area contributed by atoms with Crippen molar-refractivity contribution in [2.75, 3.05) is 12.0 Å². The molecule has 10 heteroatoms. The van der Waals surface area contributed by atoms with Crippen LogP contribution < -0.4 is 10.3 Å². The first-order chi connectivity index (χ1) is 11.3. The molecule has 2 amide bonds. The summed E-state index contributed by atoms with van der Waals surface area (Å²) in [6.07, 6.45) is -4.62. The maximum atomic E-state index is 12.8. The number of hydrogen-bond donors (Lipinski definition) is 1. The van der Waals surface area contributed by atoms with Crippen LogP contribution in [-0.2, 0) is 25.3 Å². The molecule has 1 aromatic carbocycles. The molecule has 0 aliphatic carbocycles. The molecule has 2 aliphatic heterocycles. The Hall–Kier alpha value is -2.91. The third-order valence-corrected chi connectivity index (χ3v) is 3.75. The van der Waals surface area contributed by atoms with Gasteiger partial charge in [-0.15, -0.1) is 0 Å². The first-order valence-electron chi connectivity index (χ1n) is 6.72. The lowest BCUT2D eigenvalue weighted by Crippen LogP contribution is -2.36. The molecule has 7 nitrogen and oxygen atoms in total. The van der Waals surface area contributed by atoms with E-state index in [1.54, 1.807) is 0 Å². The molecular formula is C14H10F3N3O4. The van der Waals surface area contributed by atoms with E-state index < -0.39 is 41.5 Å². The third kappa shape index (κ3) is 2.30. The van der Waals surface area contributed by atoms with E-state index in [2.05, 4.69) is 15.3 Å². The van der Waals surface area contributed by atoms with Gasteiger partial charge in [-0.05, 0) is 18.2 Å². The van der Waals surface area contributed by atoms with Gasteiger partial charge in [-0.3, -0.25) is 15.0 Å². The first kappa shape index (κ1) is 16.0. The number of benzene rings is 1. The van der Waals surface area contributed by atoms with Crippen LogP contribution >= 0.6 is 0 Å². The molecule has 126 valence electrons. The Morgan fingerprint density at radius 1 is 1.29 bits per heavy atom. The minimum Gasteiger partial charge on any atom is -0.464 e. The van der Waals surface area contributed by atoms with Gasteiger partial charge >= 0.3 is 12.1 Å². The highest BCUT2D eigenvalue weighted by atomic mass is 19.4. The average Bonchev–Trinajstić information content (AvgIpc) is 3.07. The quantitative estimate of drug-likeness (QED) is 0.632. The zero-order chi connectivity index (χ0) is 17.6. The molecule has 1 fully saturated rings. The van der Waals surface area contributed by atoms with Crippen LogP contribution in [-0.4, -0.2) is 36.6 Å². The van der Waals surface area contributed by atoms with Crippen LogP contribution in [0, 0.1) is 5.92 Å². The van der Waals surface area contributed by atoms with Crippen LogP contribution in [0.2, 0.25) is 0 Å². The predicted octanol–water partition coefficient (Wildman–Crippen LogP) is 0.696. The van der Waals surface area contributed by atoms with E-state index in [0.29, 0.717) is 11.0 Å². The normalized spacial score (nSPS) is 23.0. The molecule has 0 spiro atoms. The van der Waals surface area contributed by atoms with Crippen LogP contribution in [0.4, 0.5) is 18.9 Å². The summed E-state index contributed by atoms with van der Waals surface area (Å²) in [5.74, 6) is -3.73. The summed E-state index contributed by atoms with van der Waals surface area (Å²) < 4.78 is 42.9. The largest absolute Gasteiger partial charge is 0.464 e. The zero-order valence-corrected chi connectivity index (χ0v) is 12.1. The Balaban J connectivity index is 1.97. The molecule has 3 rings (SSSR count). The lowest BCUT2D eigenvalue weighted by molar-refractivity contribution is -0.137. The SMILES string of the molecule is COC(=O)C1=NN[C@H]2C(=O)N(c3cccc(C(F)(F)F)c3)C(=O)[C@H]12. The molecule has 0 bridgehead atoms. The summed E-state index contributed by atoms with van der Waals surface area (Å²) in [6.45, 7) is 0. The van der Waals surface area contributed by atoms with Gasteiger partial charge in [0.1, 0.15) is 12.0 Å². The summed E-state index contributed by atoms with van der Waals surface area (Å²) in [6, 6.07) is 2.69. The fourth-order valence-corrected chi connectivity index (χ4v) is 2.64. The van der Waals surface area contributed by atoms with Crippen molar-refractivity contribution < 1.29 is 32.3 Å². The standard InChI is InChI=1S/C14H10F3N3O4/c1-24-13(23)10-8-9(18-19-10)12(22)20(11(8)21)7-4-2-3-6(5-7)14(15,16)17/h2-5,8-9,18H,1H3/t8-,9+/m0/s1. The van der Waals surface area contributed by atoms with Gasteiger partial charge in [0.05, 0.1) is 18.4 Å². The Kier molecular flexibility index (Phi) is 3.54. The Morgan fingerprint density at radius 3 is 2.62 bits per heavy atom. The molecule has 2 atom stereocenters. The van der Waals surface area contributed by atoms with Crippen LogP contribution in [0.5, 0.6) is 0 Å². The molecule has 0 radical (unpaired) electrons. The number of rotatable bonds is 2. The van der Waals surface area contributed by atoms with Crippen molar-refractivity contribution in [2.45, 2.75) is 12.2 Å². The van der Waals surface area contributed by atoms with E-state index in [9.17, 15) is 27.6 Å². The van der Waals surface area contributed by atoms with Gasteiger partial charge in [-0.1, -0.05) is 6.07 Å². The van der Waals surface area contributed by atoms with E-state index in [-0.39, 0.29) is 11.4 Å². The van der Waals surface area contributed by atoms with E-state index in [1.807, 2.05) is 0 Å². The number of halogens is 3. The van der Waals surface area contributed by atoms with Crippen LogP contribution in [0.1, 0.15) is 5.56 Å². The molecule has 0 saturated carbocycles. The van der Waals surface area contributed by atoms with Crippen LogP contribution in [0.25, 0.3) is 0 Å². The molecule has 0 unspecified atom stereocenters. The van der Waals surface area contributed by atoms with Crippen molar-refractivity contribution in [3.8, 4) is 0 Å². The number of hydrazone groups is 1. The van der Waals surface area contributed by atoms with Crippen molar-refractivity contribution in [3.63, 3.8) is 0 Å². The van der Waals surface area contributed by atoms with Crippen molar-refractivity contribution >= 4 is 29.2 Å². The van der Waals surface area contributed by atoms with Gasteiger partial charge in [-0.25, -0.2) is 9.69 Å². The van der Waals surface area contributed by atoms with Crippen molar-refractivity contribution in [2.24, 2.45) is 11.0 Å². The van der Waals surface area contributed by atoms with Crippen LogP contribution in [0.15, 0.2) is 29.4 Å². The zero-order valence-electron chi connectivity index (χ0n) is 12.1. The highest BCUT2D eigenvalue weighted by Crippen LogP contribution is 2.35. The number of hydrogen-bond acceptors (Lipinski definition) is 6. The molecule has 1 N–H and O–H groups in total. The maximum absolute atomic E-state index is 12.8. The van der Waals surface area contributed by atoms with Gasteiger partial charge in [0.2, 0.25) is 5.91 Å². The maximum Gasteiger partial charge on any atom is 0.416 e. The predicted molar refractivity (Wildman–Crippen MR) is 73.8 cm³/mol. The van der Waals surface area contributed by atoms with Gasteiger partial charge < -0.3 is 4.74 Å². The van der Waals surface area contributed by atoms with E-state index in [4.69, 9.17) is 0 Å². The van der Waals surface area contributed by atoms with E-state index >= 15 is 0 Å². The Morgan fingerprint density at radius 2 is 2.00 bits per heavy atom. The summed E-state index contributed by atoms with van der Waals surface area (Å²) in [4.78, 5) is 37.1.